The summed E-state index contributed by atoms with van der Waals surface area (Å²) in [6.07, 6.45) is 0.00567. The van der Waals surface area contributed by atoms with Crippen LogP contribution in [-0.2, 0) is 9.59 Å². The van der Waals surface area contributed by atoms with Crippen molar-refractivity contribution in [2.45, 2.75) is 39.8 Å². The first kappa shape index (κ1) is 21.4. The van der Waals surface area contributed by atoms with Gasteiger partial charge < -0.3 is 14.4 Å². The van der Waals surface area contributed by atoms with Crippen LogP contribution in [0.1, 0.15) is 42.3 Å². The molecule has 2 aromatic carbocycles. The Kier molecular flexibility index (Phi) is 5.57. The summed E-state index contributed by atoms with van der Waals surface area (Å²) in [5.41, 5.74) is 2.10. The van der Waals surface area contributed by atoms with Gasteiger partial charge in [0.25, 0.3) is 5.78 Å². The van der Waals surface area contributed by atoms with E-state index in [1.807, 2.05) is 32.9 Å². The number of carbonyl (C=O) groups is 2. The highest BCUT2D eigenvalue weighted by atomic mass is 16.5. The van der Waals surface area contributed by atoms with Gasteiger partial charge >= 0.3 is 5.91 Å². The van der Waals surface area contributed by atoms with E-state index in [1.54, 1.807) is 49.4 Å². The van der Waals surface area contributed by atoms with Crippen LogP contribution in [0.4, 0.5) is 5.82 Å². The number of Topliss-reactive ketones (excluding diaryl/α,β-unsaturated/α-hetero) is 1. The molecule has 1 N–H and O–H groups in total. The lowest BCUT2D eigenvalue weighted by molar-refractivity contribution is -0.132. The third-order valence-corrected chi connectivity index (χ3v) is 5.20. The molecule has 164 valence electrons. The number of hydrogen-bond donors (Lipinski definition) is 1. The number of aliphatic hydroxyl groups is 1. The van der Waals surface area contributed by atoms with Gasteiger partial charge in [-0.3, -0.25) is 14.5 Å². The van der Waals surface area contributed by atoms with Crippen molar-refractivity contribution in [1.82, 2.24) is 5.16 Å². The van der Waals surface area contributed by atoms with Gasteiger partial charge in [0.05, 0.1) is 17.7 Å². The van der Waals surface area contributed by atoms with Crippen molar-refractivity contribution >= 4 is 23.3 Å². The lowest BCUT2D eigenvalue weighted by Crippen LogP contribution is -2.29. The zero-order valence-corrected chi connectivity index (χ0v) is 18.3. The molecular formula is C25H24N2O5. The summed E-state index contributed by atoms with van der Waals surface area (Å²) in [4.78, 5) is 27.4. The molecule has 0 saturated carbocycles. The van der Waals surface area contributed by atoms with Gasteiger partial charge in [0.2, 0.25) is 0 Å². The van der Waals surface area contributed by atoms with Crippen molar-refractivity contribution in [2.24, 2.45) is 0 Å². The monoisotopic (exact) mass is 432 g/mol. The van der Waals surface area contributed by atoms with Gasteiger partial charge in [-0.1, -0.05) is 47.1 Å². The van der Waals surface area contributed by atoms with Gasteiger partial charge in [0.1, 0.15) is 17.3 Å². The summed E-state index contributed by atoms with van der Waals surface area (Å²) in [6, 6.07) is 14.9. The molecule has 4 rings (SSSR count). The number of ether oxygens (including phenoxy) is 1. The highest BCUT2D eigenvalue weighted by molar-refractivity contribution is 6.51. The number of amides is 1. The summed E-state index contributed by atoms with van der Waals surface area (Å²) in [6.45, 7) is 7.48. The van der Waals surface area contributed by atoms with Crippen LogP contribution in [0.2, 0.25) is 0 Å². The van der Waals surface area contributed by atoms with Crippen LogP contribution in [0.5, 0.6) is 5.75 Å². The van der Waals surface area contributed by atoms with E-state index < -0.39 is 17.7 Å². The average Bonchev–Trinajstić information content (AvgIpc) is 3.29. The number of rotatable bonds is 5. The molecule has 1 fully saturated rings. The fraction of sp³-hybridized carbons (Fsp3) is 0.240. The van der Waals surface area contributed by atoms with E-state index in [0.717, 1.165) is 5.56 Å². The number of carbonyl (C=O) groups excluding carboxylic acids is 2. The van der Waals surface area contributed by atoms with Gasteiger partial charge in [-0.15, -0.1) is 0 Å². The molecule has 0 aliphatic carbocycles. The van der Waals surface area contributed by atoms with E-state index in [9.17, 15) is 14.7 Å². The second-order valence-corrected chi connectivity index (χ2v) is 8.07. The van der Waals surface area contributed by atoms with Crippen LogP contribution >= 0.6 is 0 Å². The predicted molar refractivity (Wildman–Crippen MR) is 119 cm³/mol. The molecule has 3 aromatic rings. The summed E-state index contributed by atoms with van der Waals surface area (Å²) >= 11 is 0. The van der Waals surface area contributed by atoms with Crippen LogP contribution in [-0.4, -0.2) is 28.1 Å². The minimum Gasteiger partial charge on any atom is -0.507 e. The zero-order valence-electron chi connectivity index (χ0n) is 18.3. The Bertz CT molecular complexity index is 1190. The summed E-state index contributed by atoms with van der Waals surface area (Å²) in [7, 11) is 0. The highest BCUT2D eigenvalue weighted by Crippen LogP contribution is 2.42. The number of anilines is 1. The van der Waals surface area contributed by atoms with E-state index in [2.05, 4.69) is 5.16 Å². The van der Waals surface area contributed by atoms with E-state index in [0.29, 0.717) is 22.6 Å². The second-order valence-electron chi connectivity index (χ2n) is 8.07. The van der Waals surface area contributed by atoms with Crippen molar-refractivity contribution in [3.8, 4) is 5.75 Å². The fourth-order valence-corrected chi connectivity index (χ4v) is 3.72. The molecule has 1 aliphatic heterocycles. The number of aliphatic hydroxyl groups excluding tert-OH is 1. The largest absolute Gasteiger partial charge is 0.507 e. The molecule has 2 heterocycles. The quantitative estimate of drug-likeness (QED) is 0.357. The number of aromatic nitrogens is 1. The molecule has 1 aromatic heterocycles. The first-order valence-corrected chi connectivity index (χ1v) is 10.3. The second kappa shape index (κ2) is 8.34. The standard InChI is InChI=1S/C25H24N2O5/c1-14(2)31-19-11-9-17(10-12-19)22-21(23(28)18-7-5-15(3)6-8-18)24(29)25(30)27(22)20-13-16(4)32-26-20/h5-14,22,28H,1-4H3. The van der Waals surface area contributed by atoms with Crippen LogP contribution in [0.15, 0.2) is 64.7 Å². The molecule has 1 atom stereocenters. The van der Waals surface area contributed by atoms with Gasteiger partial charge in [0.15, 0.2) is 5.82 Å². The van der Waals surface area contributed by atoms with Crippen molar-refractivity contribution in [3.05, 3.63) is 82.6 Å². The number of nitrogens with zero attached hydrogens (tertiary/aromatic N) is 2. The van der Waals surface area contributed by atoms with Gasteiger partial charge in [-0.05, 0) is 45.4 Å². The maximum Gasteiger partial charge on any atom is 0.301 e. The van der Waals surface area contributed by atoms with Gasteiger partial charge in [0, 0.05) is 11.6 Å². The third-order valence-electron chi connectivity index (χ3n) is 5.20. The SMILES string of the molecule is Cc1ccc(C(O)=C2C(=O)C(=O)N(c3cc(C)on3)C2c2ccc(OC(C)C)cc2)cc1. The summed E-state index contributed by atoms with van der Waals surface area (Å²) < 4.78 is 10.9. The van der Waals surface area contributed by atoms with E-state index in [1.165, 1.54) is 4.90 Å². The zero-order chi connectivity index (χ0) is 23.0. The Hall–Kier alpha value is -3.87. The highest BCUT2D eigenvalue weighted by Gasteiger charge is 2.48. The van der Waals surface area contributed by atoms with Crippen molar-refractivity contribution < 1.29 is 24.0 Å². The van der Waals surface area contributed by atoms with Crippen molar-refractivity contribution in [2.75, 3.05) is 4.90 Å². The molecule has 32 heavy (non-hydrogen) atoms. The van der Waals surface area contributed by atoms with Crippen LogP contribution < -0.4 is 9.64 Å². The molecule has 7 nitrogen and oxygen atoms in total. The molecule has 7 heteroatoms. The normalized spacial score (nSPS) is 17.9. The van der Waals surface area contributed by atoms with Gasteiger partial charge in [-0.25, -0.2) is 0 Å². The average molecular weight is 432 g/mol. The molecular weight excluding hydrogens is 408 g/mol. The number of ketones is 1. The predicted octanol–water partition coefficient (Wildman–Crippen LogP) is 4.70. The number of aryl methyl sites for hydroxylation is 2. The number of benzene rings is 2. The molecule has 0 spiro atoms. The third kappa shape index (κ3) is 3.89. The van der Waals surface area contributed by atoms with E-state index in [4.69, 9.17) is 9.26 Å². The molecule has 0 radical (unpaired) electrons. The van der Waals surface area contributed by atoms with Crippen molar-refractivity contribution in [1.29, 1.82) is 0 Å². The first-order valence-electron chi connectivity index (χ1n) is 10.3. The molecule has 0 bridgehead atoms. The molecule has 1 amide bonds. The lowest BCUT2D eigenvalue weighted by Gasteiger charge is -2.23. The van der Waals surface area contributed by atoms with Gasteiger partial charge in [-0.2, -0.15) is 0 Å². The maximum absolute atomic E-state index is 13.1. The van der Waals surface area contributed by atoms with Crippen LogP contribution in [0.25, 0.3) is 5.76 Å². The minimum atomic E-state index is -0.867. The Labute approximate surface area is 185 Å². The van der Waals surface area contributed by atoms with Crippen LogP contribution in [0.3, 0.4) is 0 Å². The fourth-order valence-electron chi connectivity index (χ4n) is 3.72. The smallest absolute Gasteiger partial charge is 0.301 e. The lowest BCUT2D eigenvalue weighted by atomic mass is 9.95. The Morgan fingerprint density at radius 3 is 2.28 bits per heavy atom. The van der Waals surface area contributed by atoms with Crippen molar-refractivity contribution in [3.63, 3.8) is 0 Å². The molecule has 1 unspecified atom stereocenters. The van der Waals surface area contributed by atoms with E-state index in [-0.39, 0.29) is 23.3 Å². The van der Waals surface area contributed by atoms with E-state index >= 15 is 0 Å². The maximum atomic E-state index is 13.1. The Morgan fingerprint density at radius 1 is 1.06 bits per heavy atom. The molecule has 1 aliphatic rings. The molecule has 1 saturated heterocycles. The Morgan fingerprint density at radius 2 is 1.72 bits per heavy atom. The van der Waals surface area contributed by atoms with Crippen LogP contribution in [0, 0.1) is 13.8 Å². The summed E-state index contributed by atoms with van der Waals surface area (Å²) in [5.74, 6) is -0.425. The first-order chi connectivity index (χ1) is 15.3. The summed E-state index contributed by atoms with van der Waals surface area (Å²) in [5, 5.41) is 15.0. The Balaban J connectivity index is 1.87. The minimum absolute atomic E-state index is 0.00275. The topological polar surface area (TPSA) is 92.9 Å². The number of hydrogen-bond acceptors (Lipinski definition) is 6.